The molecule has 0 aliphatic heterocycles. The van der Waals surface area contributed by atoms with Gasteiger partial charge in [0, 0.05) is 51.8 Å². The van der Waals surface area contributed by atoms with Gasteiger partial charge in [-0.15, -0.1) is 0 Å². The minimum absolute atomic E-state index is 0. The summed E-state index contributed by atoms with van der Waals surface area (Å²) >= 11 is 0. The van der Waals surface area contributed by atoms with E-state index in [0.717, 1.165) is 10.9 Å². The molecule has 8 heteroatoms. The Balaban J connectivity index is 0.00000132. The van der Waals surface area contributed by atoms with Crippen molar-refractivity contribution in [1.82, 2.24) is 10.2 Å². The number of aromatic amines is 1. The summed E-state index contributed by atoms with van der Waals surface area (Å²) in [5.74, 6) is 0.285. The fourth-order valence-electron chi connectivity index (χ4n) is 2.12. The summed E-state index contributed by atoms with van der Waals surface area (Å²) in [6, 6.07) is 13.8. The molecular formula is C15H10N3O3Re2-. The zero-order chi connectivity index (χ0) is 14.8. The number of H-pyrrole nitrogens is 1. The molecule has 3 rings (SSSR count). The summed E-state index contributed by atoms with van der Waals surface area (Å²) in [5.41, 5.74) is 7.91. The van der Waals surface area contributed by atoms with Crippen LogP contribution in [0.4, 0.5) is 4.79 Å². The number of amides is 1. The quantitative estimate of drug-likeness (QED) is 0.461. The molecule has 2 aromatic carbocycles. The number of benzene rings is 2. The van der Waals surface area contributed by atoms with E-state index in [0.29, 0.717) is 11.1 Å². The molecule has 0 unspecified atom stereocenters. The average Bonchev–Trinajstić information content (AvgIpc) is 2.48. The number of carbonyl (C=O) groups is 1. The fourth-order valence-corrected chi connectivity index (χ4v) is 2.12. The van der Waals surface area contributed by atoms with E-state index in [-0.39, 0.29) is 52.2 Å². The SMILES string of the molecule is [NH-]C(=O)Oc1ccc(-c2n[nH]c(=O)c3ccccc23)cc1.[Re].[Re]. The first kappa shape index (κ1) is 19.2. The van der Waals surface area contributed by atoms with Crippen molar-refractivity contribution in [3.8, 4) is 17.0 Å². The topological polar surface area (TPSA) is 95.8 Å². The molecule has 1 amide bonds. The Bertz CT molecular complexity index is 879. The maximum atomic E-state index is 11.7. The molecular weight excluding hydrogens is 643 g/mol. The predicted octanol–water partition coefficient (Wildman–Crippen LogP) is 3.14. The zero-order valence-electron chi connectivity index (χ0n) is 11.5. The predicted molar refractivity (Wildman–Crippen MR) is 78.1 cm³/mol. The molecule has 2 radical (unpaired) electrons. The van der Waals surface area contributed by atoms with Crippen LogP contribution in [0.2, 0.25) is 0 Å². The summed E-state index contributed by atoms with van der Waals surface area (Å²) in [7, 11) is 0. The van der Waals surface area contributed by atoms with Gasteiger partial charge in [0.15, 0.2) is 0 Å². The van der Waals surface area contributed by atoms with Gasteiger partial charge in [-0.1, -0.05) is 18.2 Å². The first-order chi connectivity index (χ1) is 10.1. The molecule has 0 bridgehead atoms. The minimum Gasteiger partial charge on any atom is -0.631 e. The van der Waals surface area contributed by atoms with Crippen LogP contribution in [0.1, 0.15) is 0 Å². The number of nitrogens with one attached hydrogen (secondary N) is 2. The standard InChI is InChI=1S/C15H11N3O3.2Re/c16-15(20)21-10-7-5-9(6-8-10)13-11-3-1-2-4-12(11)14(19)18-17-13;;/h1-8H,(H3,16,18,19,20);;/p-1. The van der Waals surface area contributed by atoms with Crippen LogP contribution in [0, 0.1) is 0 Å². The van der Waals surface area contributed by atoms with Crippen LogP contribution >= 0.6 is 0 Å². The molecule has 1 aromatic heterocycles. The number of carbonyl (C=O) groups excluding carboxylic acids is 1. The molecule has 1 heterocycles. The molecule has 0 spiro atoms. The maximum Gasteiger partial charge on any atom is 0.272 e. The van der Waals surface area contributed by atoms with Gasteiger partial charge in [0.25, 0.3) is 5.56 Å². The third-order valence-electron chi connectivity index (χ3n) is 3.03. The van der Waals surface area contributed by atoms with Gasteiger partial charge in [-0.3, -0.25) is 9.59 Å². The smallest absolute Gasteiger partial charge is 0.272 e. The van der Waals surface area contributed by atoms with E-state index in [1.54, 1.807) is 36.4 Å². The summed E-state index contributed by atoms with van der Waals surface area (Å²) in [6.45, 7) is 0. The first-order valence-corrected chi connectivity index (χ1v) is 6.16. The monoisotopic (exact) mass is 654 g/mol. The van der Waals surface area contributed by atoms with Gasteiger partial charge >= 0.3 is 0 Å². The van der Waals surface area contributed by atoms with Crippen molar-refractivity contribution in [3.05, 3.63) is 64.6 Å². The summed E-state index contributed by atoms with van der Waals surface area (Å²) in [6.07, 6.45) is -1.12. The third-order valence-corrected chi connectivity index (χ3v) is 3.03. The number of ether oxygens (including phenoxy) is 1. The minimum atomic E-state index is -1.12. The van der Waals surface area contributed by atoms with Crippen LogP contribution in [0.3, 0.4) is 0 Å². The molecule has 0 saturated carbocycles. The Labute approximate surface area is 158 Å². The largest absolute Gasteiger partial charge is 0.631 e. The van der Waals surface area contributed by atoms with Crippen LogP contribution < -0.4 is 10.3 Å². The third kappa shape index (κ3) is 4.13. The van der Waals surface area contributed by atoms with Crippen molar-refractivity contribution in [2.45, 2.75) is 0 Å². The number of rotatable bonds is 2. The van der Waals surface area contributed by atoms with Crippen molar-refractivity contribution in [2.75, 3.05) is 0 Å². The van der Waals surface area contributed by atoms with E-state index in [2.05, 4.69) is 14.9 Å². The van der Waals surface area contributed by atoms with E-state index in [4.69, 9.17) is 5.73 Å². The molecule has 3 aromatic rings. The molecule has 0 atom stereocenters. The average molecular weight is 653 g/mol. The Morgan fingerprint density at radius 2 is 1.61 bits per heavy atom. The number of hydrogen-bond donors (Lipinski definition) is 1. The molecule has 6 nitrogen and oxygen atoms in total. The normalized spacial score (nSPS) is 9.57. The maximum absolute atomic E-state index is 11.7. The fraction of sp³-hybridized carbons (Fsp3) is 0. The molecule has 0 fully saturated rings. The van der Waals surface area contributed by atoms with Crippen LogP contribution in [-0.2, 0) is 40.8 Å². The summed E-state index contributed by atoms with van der Waals surface area (Å²) < 4.78 is 4.66. The zero-order valence-corrected chi connectivity index (χ0v) is 17.0. The van der Waals surface area contributed by atoms with Crippen LogP contribution in [0.5, 0.6) is 5.75 Å². The summed E-state index contributed by atoms with van der Waals surface area (Å²) in [4.78, 5) is 22.3. The Morgan fingerprint density at radius 3 is 2.22 bits per heavy atom. The second kappa shape index (κ2) is 8.15. The number of hydrogen-bond acceptors (Lipinski definition) is 4. The Morgan fingerprint density at radius 1 is 1.00 bits per heavy atom. The molecule has 2 N–H and O–H groups in total. The summed E-state index contributed by atoms with van der Waals surface area (Å²) in [5, 5.41) is 7.85. The first-order valence-electron chi connectivity index (χ1n) is 6.16. The Kier molecular flexibility index (Phi) is 6.81. The van der Waals surface area contributed by atoms with Crippen molar-refractivity contribution >= 4 is 16.9 Å². The van der Waals surface area contributed by atoms with Crippen molar-refractivity contribution < 1.29 is 50.4 Å². The van der Waals surface area contributed by atoms with Gasteiger partial charge in [0.1, 0.15) is 5.75 Å². The van der Waals surface area contributed by atoms with Gasteiger partial charge in [-0.25, -0.2) is 5.10 Å². The molecule has 0 aliphatic rings. The van der Waals surface area contributed by atoms with Crippen molar-refractivity contribution in [2.24, 2.45) is 0 Å². The molecule has 0 saturated heterocycles. The van der Waals surface area contributed by atoms with E-state index >= 15 is 0 Å². The van der Waals surface area contributed by atoms with E-state index in [1.165, 1.54) is 0 Å². The molecule has 23 heavy (non-hydrogen) atoms. The van der Waals surface area contributed by atoms with Crippen LogP contribution in [0.15, 0.2) is 53.3 Å². The Hall–Kier alpha value is -1.83. The van der Waals surface area contributed by atoms with Gasteiger partial charge in [-0.2, -0.15) is 5.10 Å². The molecule has 0 aliphatic carbocycles. The second-order valence-corrected chi connectivity index (χ2v) is 4.36. The van der Waals surface area contributed by atoms with Crippen LogP contribution in [-0.4, -0.2) is 16.3 Å². The van der Waals surface area contributed by atoms with Crippen molar-refractivity contribution in [3.63, 3.8) is 0 Å². The van der Waals surface area contributed by atoms with Crippen LogP contribution in [0.25, 0.3) is 27.8 Å². The van der Waals surface area contributed by atoms with E-state index in [9.17, 15) is 9.59 Å². The van der Waals surface area contributed by atoms with E-state index in [1.807, 2.05) is 12.1 Å². The second-order valence-electron chi connectivity index (χ2n) is 4.36. The van der Waals surface area contributed by atoms with Gasteiger partial charge in [0.2, 0.25) is 6.09 Å². The number of nitrogens with zero attached hydrogens (tertiary/aromatic N) is 1. The van der Waals surface area contributed by atoms with Gasteiger partial charge < -0.3 is 10.5 Å². The number of fused-ring (bicyclic) bond motifs is 1. The van der Waals surface area contributed by atoms with Gasteiger partial charge in [0.05, 0.1) is 11.1 Å². The van der Waals surface area contributed by atoms with E-state index < -0.39 is 6.09 Å². The number of aromatic nitrogens is 2. The molecule has 118 valence electrons. The van der Waals surface area contributed by atoms with Crippen molar-refractivity contribution in [1.29, 1.82) is 0 Å². The van der Waals surface area contributed by atoms with Gasteiger partial charge in [-0.05, 0) is 30.3 Å².